The molecule has 0 aliphatic carbocycles. The molecule has 0 aromatic heterocycles. The number of carbonyl (C=O) groups is 2. The highest BCUT2D eigenvalue weighted by Gasteiger charge is 2.39. The van der Waals surface area contributed by atoms with E-state index in [1.54, 1.807) is 12.1 Å². The minimum Gasteiger partial charge on any atom is -0.440 e. The van der Waals surface area contributed by atoms with E-state index in [9.17, 15) is 14.9 Å². The Bertz CT molecular complexity index is 881. The second-order valence-electron chi connectivity index (χ2n) is 7.00. The Balaban J connectivity index is 1.55. The van der Waals surface area contributed by atoms with Crippen LogP contribution in [0, 0.1) is 18.3 Å². The molecule has 0 bridgehead atoms. The van der Waals surface area contributed by atoms with E-state index in [2.05, 4.69) is 11.4 Å². The fraction of sp³-hybridized carbons (Fsp3) is 0.318. The number of para-hydroxylation sites is 1. The van der Waals surface area contributed by atoms with Crippen molar-refractivity contribution in [1.29, 1.82) is 5.26 Å². The number of nitriles is 1. The van der Waals surface area contributed by atoms with E-state index in [0.29, 0.717) is 31.5 Å². The number of piperidine rings is 1. The quantitative estimate of drug-likeness (QED) is 0.810. The summed E-state index contributed by atoms with van der Waals surface area (Å²) in [6, 6.07) is 18.6. The van der Waals surface area contributed by atoms with Crippen molar-refractivity contribution in [3.05, 3.63) is 65.7 Å². The van der Waals surface area contributed by atoms with Gasteiger partial charge in [-0.3, -0.25) is 9.69 Å². The smallest absolute Gasteiger partial charge is 0.339 e. The van der Waals surface area contributed by atoms with E-state index in [-0.39, 0.29) is 12.5 Å². The molecular weight excluding hydrogens is 354 g/mol. The largest absolute Gasteiger partial charge is 0.440 e. The summed E-state index contributed by atoms with van der Waals surface area (Å²) in [5, 5.41) is 12.5. The van der Waals surface area contributed by atoms with Crippen molar-refractivity contribution < 1.29 is 14.3 Å². The van der Waals surface area contributed by atoms with E-state index in [4.69, 9.17) is 4.74 Å². The van der Waals surface area contributed by atoms with Crippen LogP contribution in [-0.2, 0) is 9.53 Å². The van der Waals surface area contributed by atoms with Gasteiger partial charge in [-0.1, -0.05) is 36.4 Å². The van der Waals surface area contributed by atoms with Crippen LogP contribution in [0.4, 0.5) is 5.69 Å². The fourth-order valence-electron chi connectivity index (χ4n) is 3.27. The SMILES string of the molecule is Cc1ccccc1C(=O)OC1(C#N)CCN(CC(=O)Nc2ccccc2)CC1. The summed E-state index contributed by atoms with van der Waals surface area (Å²) in [6.45, 7) is 3.10. The summed E-state index contributed by atoms with van der Waals surface area (Å²) >= 11 is 0. The Kier molecular flexibility index (Phi) is 6.07. The van der Waals surface area contributed by atoms with E-state index < -0.39 is 11.6 Å². The van der Waals surface area contributed by atoms with Gasteiger partial charge in [0.05, 0.1) is 12.1 Å². The zero-order valence-corrected chi connectivity index (χ0v) is 15.9. The van der Waals surface area contributed by atoms with Gasteiger partial charge in [0.2, 0.25) is 5.91 Å². The number of carbonyl (C=O) groups excluding carboxylic acids is 2. The Morgan fingerprint density at radius 3 is 2.39 bits per heavy atom. The average Bonchev–Trinajstić information content (AvgIpc) is 2.70. The van der Waals surface area contributed by atoms with Crippen LogP contribution in [0.1, 0.15) is 28.8 Å². The Hall–Kier alpha value is -3.17. The Morgan fingerprint density at radius 2 is 1.75 bits per heavy atom. The molecule has 1 fully saturated rings. The number of rotatable bonds is 5. The van der Waals surface area contributed by atoms with Gasteiger partial charge in [-0.05, 0) is 30.7 Å². The molecule has 0 atom stereocenters. The van der Waals surface area contributed by atoms with Crippen LogP contribution in [-0.4, -0.2) is 42.0 Å². The lowest BCUT2D eigenvalue weighted by molar-refractivity contribution is -0.118. The molecule has 0 unspecified atom stereocenters. The molecule has 1 aliphatic rings. The molecule has 2 aromatic rings. The number of hydrogen-bond donors (Lipinski definition) is 1. The number of esters is 1. The maximum Gasteiger partial charge on any atom is 0.339 e. The summed E-state index contributed by atoms with van der Waals surface area (Å²) < 4.78 is 5.62. The standard InChI is InChI=1S/C22H23N3O3/c1-17-7-5-6-10-19(17)21(27)28-22(16-23)11-13-25(14-12-22)15-20(26)24-18-8-3-2-4-9-18/h2-10H,11-15H2,1H3,(H,24,26). The topological polar surface area (TPSA) is 82.4 Å². The van der Waals surface area contributed by atoms with Gasteiger partial charge in [-0.15, -0.1) is 0 Å². The Morgan fingerprint density at radius 1 is 1.11 bits per heavy atom. The number of benzene rings is 2. The van der Waals surface area contributed by atoms with Crippen LogP contribution in [0.2, 0.25) is 0 Å². The summed E-state index contributed by atoms with van der Waals surface area (Å²) in [7, 11) is 0. The van der Waals surface area contributed by atoms with Crippen LogP contribution >= 0.6 is 0 Å². The first-order chi connectivity index (χ1) is 13.5. The van der Waals surface area contributed by atoms with E-state index >= 15 is 0 Å². The summed E-state index contributed by atoms with van der Waals surface area (Å²) in [5.41, 5.74) is 0.895. The molecular formula is C22H23N3O3. The van der Waals surface area contributed by atoms with Gasteiger partial charge >= 0.3 is 5.97 Å². The molecule has 0 saturated carbocycles. The number of amides is 1. The lowest BCUT2D eigenvalue weighted by atomic mass is 9.92. The lowest BCUT2D eigenvalue weighted by Crippen LogP contribution is -2.48. The maximum atomic E-state index is 12.5. The second kappa shape index (κ2) is 8.68. The van der Waals surface area contributed by atoms with Crippen molar-refractivity contribution in [3.63, 3.8) is 0 Å². The minimum absolute atomic E-state index is 0.104. The third-order valence-electron chi connectivity index (χ3n) is 4.95. The molecule has 1 heterocycles. The predicted octanol–water partition coefficient (Wildman–Crippen LogP) is 3.15. The zero-order valence-electron chi connectivity index (χ0n) is 15.9. The van der Waals surface area contributed by atoms with Crippen LogP contribution in [0.25, 0.3) is 0 Å². The number of ether oxygens (including phenoxy) is 1. The van der Waals surface area contributed by atoms with Crippen molar-refractivity contribution in [3.8, 4) is 6.07 Å². The number of anilines is 1. The van der Waals surface area contributed by atoms with Gasteiger partial charge in [-0.2, -0.15) is 5.26 Å². The number of hydrogen-bond acceptors (Lipinski definition) is 5. The number of nitrogens with one attached hydrogen (secondary N) is 1. The number of likely N-dealkylation sites (tertiary alicyclic amines) is 1. The maximum absolute atomic E-state index is 12.5. The van der Waals surface area contributed by atoms with Crippen molar-refractivity contribution in [1.82, 2.24) is 4.90 Å². The molecule has 1 saturated heterocycles. The van der Waals surface area contributed by atoms with Gasteiger partial charge in [0.1, 0.15) is 6.07 Å². The van der Waals surface area contributed by atoms with Crippen molar-refractivity contribution in [2.75, 3.05) is 25.0 Å². The molecule has 1 N–H and O–H groups in total. The van der Waals surface area contributed by atoms with Crippen molar-refractivity contribution in [2.24, 2.45) is 0 Å². The van der Waals surface area contributed by atoms with Gasteiger partial charge < -0.3 is 10.1 Å². The molecule has 3 rings (SSSR count). The Labute approximate surface area is 164 Å². The highest BCUT2D eigenvalue weighted by molar-refractivity contribution is 5.92. The van der Waals surface area contributed by atoms with E-state index in [1.807, 2.05) is 54.3 Å². The van der Waals surface area contributed by atoms with Crippen LogP contribution < -0.4 is 5.32 Å². The highest BCUT2D eigenvalue weighted by Crippen LogP contribution is 2.27. The van der Waals surface area contributed by atoms with Crippen LogP contribution in [0.5, 0.6) is 0 Å². The molecule has 1 aliphatic heterocycles. The summed E-state index contributed by atoms with van der Waals surface area (Å²) in [6.07, 6.45) is 0.749. The molecule has 28 heavy (non-hydrogen) atoms. The zero-order chi connectivity index (χ0) is 20.0. The first-order valence-corrected chi connectivity index (χ1v) is 9.29. The van der Waals surface area contributed by atoms with Crippen LogP contribution in [0.3, 0.4) is 0 Å². The monoisotopic (exact) mass is 377 g/mol. The molecule has 6 nitrogen and oxygen atoms in total. The number of nitrogens with zero attached hydrogens (tertiary/aromatic N) is 2. The van der Waals surface area contributed by atoms with E-state index in [0.717, 1.165) is 11.3 Å². The highest BCUT2D eigenvalue weighted by atomic mass is 16.6. The minimum atomic E-state index is -1.15. The number of aryl methyl sites for hydroxylation is 1. The first-order valence-electron chi connectivity index (χ1n) is 9.29. The normalized spacial score (nSPS) is 16.0. The molecule has 1 amide bonds. The molecule has 144 valence electrons. The molecule has 0 radical (unpaired) electrons. The average molecular weight is 377 g/mol. The molecule has 0 spiro atoms. The van der Waals surface area contributed by atoms with Gasteiger partial charge in [0.25, 0.3) is 0 Å². The van der Waals surface area contributed by atoms with Crippen LogP contribution in [0.15, 0.2) is 54.6 Å². The lowest BCUT2D eigenvalue weighted by Gasteiger charge is -2.36. The third-order valence-corrected chi connectivity index (χ3v) is 4.95. The van der Waals surface area contributed by atoms with Gasteiger partial charge in [-0.25, -0.2) is 4.79 Å². The second-order valence-corrected chi connectivity index (χ2v) is 7.00. The van der Waals surface area contributed by atoms with Crippen molar-refractivity contribution >= 4 is 17.6 Å². The van der Waals surface area contributed by atoms with Gasteiger partial charge in [0.15, 0.2) is 5.60 Å². The summed E-state index contributed by atoms with van der Waals surface area (Å²) in [5.74, 6) is -0.581. The fourth-order valence-corrected chi connectivity index (χ4v) is 3.27. The molecule has 6 heteroatoms. The molecule has 2 aromatic carbocycles. The predicted molar refractivity (Wildman–Crippen MR) is 106 cm³/mol. The van der Waals surface area contributed by atoms with Crippen molar-refractivity contribution in [2.45, 2.75) is 25.4 Å². The third kappa shape index (κ3) is 4.76. The van der Waals surface area contributed by atoms with E-state index in [1.165, 1.54) is 0 Å². The summed E-state index contributed by atoms with van der Waals surface area (Å²) in [4.78, 5) is 26.7. The van der Waals surface area contributed by atoms with Gasteiger partial charge in [0, 0.05) is 31.6 Å². The first kappa shape index (κ1) is 19.6.